The molecule has 0 bridgehead atoms. The summed E-state index contributed by atoms with van der Waals surface area (Å²) in [5.41, 5.74) is 3.27. The van der Waals surface area contributed by atoms with Gasteiger partial charge in [0.25, 0.3) is 0 Å². The van der Waals surface area contributed by atoms with E-state index in [4.69, 9.17) is 0 Å². The molecule has 5 heteroatoms. The van der Waals surface area contributed by atoms with E-state index in [9.17, 15) is 4.79 Å². The molecule has 1 aliphatic heterocycles. The lowest BCUT2D eigenvalue weighted by atomic mass is 9.93. The third-order valence-electron chi connectivity index (χ3n) is 6.83. The minimum atomic E-state index is -0.148. The number of amides is 2. The van der Waals surface area contributed by atoms with E-state index in [2.05, 4.69) is 50.8 Å². The first-order chi connectivity index (χ1) is 15.2. The van der Waals surface area contributed by atoms with E-state index in [0.717, 1.165) is 37.9 Å². The SMILES string of the molecule is Cc1ccc(NC(=O)NCC(c2ccccc2)N2CCN(C3CCCCC3)CC2)cc1. The van der Waals surface area contributed by atoms with Crippen molar-refractivity contribution in [3.63, 3.8) is 0 Å². The highest BCUT2D eigenvalue weighted by Crippen LogP contribution is 2.26. The van der Waals surface area contributed by atoms with Crippen LogP contribution in [0.15, 0.2) is 54.6 Å². The molecule has 2 aromatic carbocycles. The summed E-state index contributed by atoms with van der Waals surface area (Å²) in [5.74, 6) is 0. The highest BCUT2D eigenvalue weighted by atomic mass is 16.2. The maximum Gasteiger partial charge on any atom is 0.319 e. The second-order valence-corrected chi connectivity index (χ2v) is 8.99. The summed E-state index contributed by atoms with van der Waals surface area (Å²) < 4.78 is 0. The molecule has 1 saturated heterocycles. The Hall–Kier alpha value is -2.37. The van der Waals surface area contributed by atoms with Crippen molar-refractivity contribution in [2.45, 2.75) is 51.1 Å². The Morgan fingerprint density at radius 1 is 0.935 bits per heavy atom. The fraction of sp³-hybridized carbons (Fsp3) is 0.500. The lowest BCUT2D eigenvalue weighted by Gasteiger charge is -2.43. The first kappa shape index (κ1) is 21.8. The number of piperazine rings is 1. The molecule has 31 heavy (non-hydrogen) atoms. The minimum Gasteiger partial charge on any atom is -0.336 e. The minimum absolute atomic E-state index is 0.148. The van der Waals surface area contributed by atoms with E-state index in [1.807, 2.05) is 31.2 Å². The number of carbonyl (C=O) groups is 1. The van der Waals surface area contributed by atoms with Gasteiger partial charge in [0.15, 0.2) is 0 Å². The zero-order valence-corrected chi connectivity index (χ0v) is 18.7. The maximum atomic E-state index is 12.5. The Bertz CT molecular complexity index is 809. The summed E-state index contributed by atoms with van der Waals surface area (Å²) in [6.45, 7) is 7.01. The molecule has 2 amide bonds. The normalized spacial score (nSPS) is 19.6. The highest BCUT2D eigenvalue weighted by molar-refractivity contribution is 5.89. The molecule has 1 aliphatic carbocycles. The van der Waals surface area contributed by atoms with Crippen LogP contribution in [0.5, 0.6) is 0 Å². The van der Waals surface area contributed by atoms with Crippen LogP contribution in [0.4, 0.5) is 10.5 Å². The molecule has 5 nitrogen and oxygen atoms in total. The topological polar surface area (TPSA) is 47.6 Å². The molecule has 0 radical (unpaired) electrons. The Balaban J connectivity index is 1.35. The van der Waals surface area contributed by atoms with Crippen LogP contribution in [0, 0.1) is 6.92 Å². The van der Waals surface area contributed by atoms with Crippen molar-refractivity contribution in [1.82, 2.24) is 15.1 Å². The van der Waals surface area contributed by atoms with Crippen LogP contribution in [0.3, 0.4) is 0 Å². The van der Waals surface area contributed by atoms with E-state index >= 15 is 0 Å². The smallest absolute Gasteiger partial charge is 0.319 e. The number of rotatable bonds is 6. The molecule has 1 saturated carbocycles. The molecule has 1 atom stereocenters. The van der Waals surface area contributed by atoms with Gasteiger partial charge in [-0.2, -0.15) is 0 Å². The van der Waals surface area contributed by atoms with Crippen LogP contribution in [-0.2, 0) is 0 Å². The lowest BCUT2D eigenvalue weighted by Crippen LogP contribution is -2.53. The predicted molar refractivity (Wildman–Crippen MR) is 127 cm³/mol. The van der Waals surface area contributed by atoms with Crippen LogP contribution in [0.2, 0.25) is 0 Å². The van der Waals surface area contributed by atoms with Gasteiger partial charge in [-0.1, -0.05) is 67.3 Å². The van der Waals surface area contributed by atoms with Gasteiger partial charge in [0, 0.05) is 44.5 Å². The zero-order valence-electron chi connectivity index (χ0n) is 18.7. The van der Waals surface area contributed by atoms with Gasteiger partial charge in [-0.25, -0.2) is 4.79 Å². The average molecular weight is 421 g/mol. The summed E-state index contributed by atoms with van der Waals surface area (Å²) in [5, 5.41) is 6.06. The van der Waals surface area contributed by atoms with Crippen LogP contribution in [0.1, 0.15) is 49.3 Å². The molecule has 0 spiro atoms. The summed E-state index contributed by atoms with van der Waals surface area (Å²) in [7, 11) is 0. The number of urea groups is 1. The summed E-state index contributed by atoms with van der Waals surface area (Å²) in [4.78, 5) is 17.8. The Morgan fingerprint density at radius 3 is 2.29 bits per heavy atom. The van der Waals surface area contributed by atoms with Gasteiger partial charge in [-0.05, 0) is 37.5 Å². The number of benzene rings is 2. The van der Waals surface area contributed by atoms with Gasteiger partial charge in [0.1, 0.15) is 0 Å². The van der Waals surface area contributed by atoms with Crippen molar-refractivity contribution in [3.8, 4) is 0 Å². The molecule has 2 aliphatic rings. The second-order valence-electron chi connectivity index (χ2n) is 8.99. The first-order valence-corrected chi connectivity index (χ1v) is 11.8. The Labute approximate surface area is 186 Å². The van der Waals surface area contributed by atoms with Crippen molar-refractivity contribution in [2.75, 3.05) is 38.0 Å². The van der Waals surface area contributed by atoms with Gasteiger partial charge in [-0.15, -0.1) is 0 Å². The summed E-state index contributed by atoms with van der Waals surface area (Å²) >= 11 is 0. The largest absolute Gasteiger partial charge is 0.336 e. The molecule has 1 unspecified atom stereocenters. The number of nitrogens with zero attached hydrogens (tertiary/aromatic N) is 2. The fourth-order valence-electron chi connectivity index (χ4n) is 4.99. The van der Waals surface area contributed by atoms with Gasteiger partial charge < -0.3 is 10.6 Å². The summed E-state index contributed by atoms with van der Waals surface area (Å²) in [6, 6.07) is 19.3. The third-order valence-corrected chi connectivity index (χ3v) is 6.83. The van der Waals surface area contributed by atoms with Crippen LogP contribution >= 0.6 is 0 Å². The lowest BCUT2D eigenvalue weighted by molar-refractivity contribution is 0.0565. The molecule has 4 rings (SSSR count). The van der Waals surface area contributed by atoms with Gasteiger partial charge >= 0.3 is 6.03 Å². The second kappa shape index (κ2) is 10.8. The summed E-state index contributed by atoms with van der Waals surface area (Å²) in [6.07, 6.45) is 6.91. The van der Waals surface area contributed by atoms with E-state index in [1.54, 1.807) is 0 Å². The van der Waals surface area contributed by atoms with Crippen molar-refractivity contribution in [2.24, 2.45) is 0 Å². The number of hydrogen-bond donors (Lipinski definition) is 2. The van der Waals surface area contributed by atoms with Crippen LogP contribution in [-0.4, -0.2) is 54.6 Å². The highest BCUT2D eigenvalue weighted by Gasteiger charge is 2.29. The van der Waals surface area contributed by atoms with E-state index < -0.39 is 0 Å². The quantitative estimate of drug-likeness (QED) is 0.705. The number of aryl methyl sites for hydroxylation is 1. The number of anilines is 1. The molecule has 1 heterocycles. The molecule has 166 valence electrons. The van der Waals surface area contributed by atoms with Crippen molar-refractivity contribution >= 4 is 11.7 Å². The molecule has 2 fully saturated rings. The fourth-order valence-corrected chi connectivity index (χ4v) is 4.99. The van der Waals surface area contributed by atoms with E-state index in [1.165, 1.54) is 43.2 Å². The standard InChI is InChI=1S/C26H36N4O/c1-21-12-14-23(15-13-21)28-26(31)27-20-25(22-8-4-2-5-9-22)30-18-16-29(17-19-30)24-10-6-3-7-11-24/h2,4-5,8-9,12-15,24-25H,3,6-7,10-11,16-20H2,1H3,(H2,27,28,31). The van der Waals surface area contributed by atoms with Gasteiger partial charge in [-0.3, -0.25) is 9.80 Å². The third kappa shape index (κ3) is 6.08. The van der Waals surface area contributed by atoms with Crippen molar-refractivity contribution < 1.29 is 4.79 Å². The number of nitrogens with one attached hydrogen (secondary N) is 2. The average Bonchev–Trinajstić information content (AvgIpc) is 2.82. The first-order valence-electron chi connectivity index (χ1n) is 11.8. The Morgan fingerprint density at radius 2 is 1.61 bits per heavy atom. The zero-order chi connectivity index (χ0) is 21.5. The molecule has 2 N–H and O–H groups in total. The van der Waals surface area contributed by atoms with Gasteiger partial charge in [0.05, 0.1) is 6.04 Å². The van der Waals surface area contributed by atoms with Crippen molar-refractivity contribution in [1.29, 1.82) is 0 Å². The van der Waals surface area contributed by atoms with Crippen molar-refractivity contribution in [3.05, 3.63) is 65.7 Å². The molecular weight excluding hydrogens is 384 g/mol. The van der Waals surface area contributed by atoms with Crippen LogP contribution < -0.4 is 10.6 Å². The molecule has 2 aromatic rings. The maximum absolute atomic E-state index is 12.5. The number of hydrogen-bond acceptors (Lipinski definition) is 3. The molecular formula is C26H36N4O. The van der Waals surface area contributed by atoms with E-state index in [0.29, 0.717) is 6.54 Å². The predicted octanol–water partition coefficient (Wildman–Crippen LogP) is 4.81. The number of carbonyl (C=O) groups excluding carboxylic acids is 1. The molecule has 0 aromatic heterocycles. The van der Waals surface area contributed by atoms with Crippen LogP contribution in [0.25, 0.3) is 0 Å². The Kier molecular flexibility index (Phi) is 7.60. The monoisotopic (exact) mass is 420 g/mol. The van der Waals surface area contributed by atoms with Gasteiger partial charge in [0.2, 0.25) is 0 Å². The van der Waals surface area contributed by atoms with E-state index in [-0.39, 0.29) is 12.1 Å².